The summed E-state index contributed by atoms with van der Waals surface area (Å²) < 4.78 is 10.4. The number of esters is 1. The van der Waals surface area contributed by atoms with Gasteiger partial charge in [-0.1, -0.05) is 11.8 Å². The molecule has 0 radical (unpaired) electrons. The number of rotatable bonds is 3. The first-order chi connectivity index (χ1) is 10.6. The van der Waals surface area contributed by atoms with Crippen molar-refractivity contribution in [3.8, 4) is 5.75 Å². The average Bonchev–Trinajstić information content (AvgIpc) is 2.54. The van der Waals surface area contributed by atoms with Gasteiger partial charge in [0, 0.05) is 16.8 Å². The Kier molecular flexibility index (Phi) is 3.98. The molecule has 0 atom stereocenters. The molecule has 0 unspecified atom stereocenters. The zero-order chi connectivity index (χ0) is 15.7. The normalized spacial score (nSPS) is 12.4. The molecule has 0 spiro atoms. The largest absolute Gasteiger partial charge is 0.494 e. The van der Waals surface area contributed by atoms with Crippen LogP contribution in [-0.4, -0.2) is 26.7 Å². The maximum atomic E-state index is 11.7. The van der Waals surface area contributed by atoms with Crippen LogP contribution in [0.15, 0.2) is 46.2 Å². The molecule has 5 heteroatoms. The Bertz CT molecular complexity index is 730. The molecule has 2 aromatic carbocycles. The highest BCUT2D eigenvalue weighted by molar-refractivity contribution is 7.99. The van der Waals surface area contributed by atoms with Crippen molar-refractivity contribution < 1.29 is 14.3 Å². The molecule has 0 saturated carbocycles. The summed E-state index contributed by atoms with van der Waals surface area (Å²) >= 11 is 1.68. The maximum Gasteiger partial charge on any atom is 0.337 e. The SMILES string of the molecule is CCOc1ccc2c(c1)Sc1ccc(C(=O)OC)cc1N2C. The minimum atomic E-state index is -0.321. The minimum absolute atomic E-state index is 0.321. The van der Waals surface area contributed by atoms with Crippen LogP contribution in [0, 0.1) is 0 Å². The van der Waals surface area contributed by atoms with E-state index in [1.54, 1.807) is 17.8 Å². The lowest BCUT2D eigenvalue weighted by atomic mass is 10.1. The summed E-state index contributed by atoms with van der Waals surface area (Å²) in [6.07, 6.45) is 0. The summed E-state index contributed by atoms with van der Waals surface area (Å²) in [4.78, 5) is 16.0. The Morgan fingerprint density at radius 1 is 1.14 bits per heavy atom. The van der Waals surface area contributed by atoms with E-state index in [4.69, 9.17) is 9.47 Å². The Balaban J connectivity index is 2.00. The number of hydrogen-bond acceptors (Lipinski definition) is 5. The van der Waals surface area contributed by atoms with Gasteiger partial charge in [-0.25, -0.2) is 4.79 Å². The van der Waals surface area contributed by atoms with Crippen molar-refractivity contribution in [1.82, 2.24) is 0 Å². The first kappa shape index (κ1) is 14.8. The molecule has 3 rings (SSSR count). The van der Waals surface area contributed by atoms with Gasteiger partial charge in [0.05, 0.1) is 30.7 Å². The monoisotopic (exact) mass is 315 g/mol. The average molecular weight is 315 g/mol. The third kappa shape index (κ3) is 2.52. The molecule has 4 nitrogen and oxygen atoms in total. The van der Waals surface area contributed by atoms with E-state index in [9.17, 15) is 4.79 Å². The van der Waals surface area contributed by atoms with Crippen molar-refractivity contribution in [3.05, 3.63) is 42.0 Å². The molecular weight excluding hydrogens is 298 g/mol. The Morgan fingerprint density at radius 2 is 1.95 bits per heavy atom. The summed E-state index contributed by atoms with van der Waals surface area (Å²) in [5, 5.41) is 0. The third-order valence-corrected chi connectivity index (χ3v) is 4.68. The predicted molar refractivity (Wildman–Crippen MR) is 87.6 cm³/mol. The quantitative estimate of drug-likeness (QED) is 0.797. The van der Waals surface area contributed by atoms with Crippen LogP contribution in [0.1, 0.15) is 17.3 Å². The van der Waals surface area contributed by atoms with E-state index < -0.39 is 0 Å². The lowest BCUT2D eigenvalue weighted by molar-refractivity contribution is 0.0600. The van der Waals surface area contributed by atoms with Crippen LogP contribution in [0.5, 0.6) is 5.75 Å². The van der Waals surface area contributed by atoms with Crippen molar-refractivity contribution >= 4 is 29.1 Å². The first-order valence-electron chi connectivity index (χ1n) is 7.05. The molecule has 0 aliphatic carbocycles. The molecule has 1 aliphatic rings. The van der Waals surface area contributed by atoms with Crippen molar-refractivity contribution in [3.63, 3.8) is 0 Å². The Labute approximate surface area is 134 Å². The van der Waals surface area contributed by atoms with Gasteiger partial charge in [0.1, 0.15) is 5.75 Å². The Hall–Kier alpha value is -2.14. The second-order valence-electron chi connectivity index (χ2n) is 4.90. The summed E-state index contributed by atoms with van der Waals surface area (Å²) in [7, 11) is 3.39. The van der Waals surface area contributed by atoms with Gasteiger partial charge in [-0.3, -0.25) is 0 Å². The second-order valence-corrected chi connectivity index (χ2v) is 5.98. The van der Waals surface area contributed by atoms with Crippen molar-refractivity contribution in [1.29, 1.82) is 0 Å². The van der Waals surface area contributed by atoms with E-state index in [0.29, 0.717) is 12.2 Å². The second kappa shape index (κ2) is 5.93. The van der Waals surface area contributed by atoms with Gasteiger partial charge in [0.2, 0.25) is 0 Å². The highest BCUT2D eigenvalue weighted by Gasteiger charge is 2.22. The van der Waals surface area contributed by atoms with Crippen LogP contribution in [0.25, 0.3) is 0 Å². The van der Waals surface area contributed by atoms with E-state index in [2.05, 4.69) is 11.0 Å². The molecule has 2 aromatic rings. The number of carbonyl (C=O) groups excluding carboxylic acids is 1. The molecule has 0 fully saturated rings. The molecule has 1 aliphatic heterocycles. The van der Waals surface area contributed by atoms with Crippen molar-refractivity contribution in [2.75, 3.05) is 25.7 Å². The van der Waals surface area contributed by atoms with Crippen LogP contribution >= 0.6 is 11.8 Å². The summed E-state index contributed by atoms with van der Waals surface area (Å²) in [5.74, 6) is 0.551. The highest BCUT2D eigenvalue weighted by Crippen LogP contribution is 2.48. The third-order valence-electron chi connectivity index (χ3n) is 3.56. The number of methoxy groups -OCH3 is 1. The van der Waals surface area contributed by atoms with Gasteiger partial charge < -0.3 is 14.4 Å². The van der Waals surface area contributed by atoms with E-state index >= 15 is 0 Å². The number of fused-ring (bicyclic) bond motifs is 2. The molecule has 1 heterocycles. The molecule has 22 heavy (non-hydrogen) atoms. The molecule has 0 amide bonds. The van der Waals surface area contributed by atoms with E-state index in [1.165, 1.54) is 7.11 Å². The zero-order valence-electron chi connectivity index (χ0n) is 12.8. The lowest BCUT2D eigenvalue weighted by Crippen LogP contribution is -2.15. The van der Waals surface area contributed by atoms with Crippen LogP contribution in [0.4, 0.5) is 11.4 Å². The molecule has 0 N–H and O–H groups in total. The maximum absolute atomic E-state index is 11.7. The summed E-state index contributed by atoms with van der Waals surface area (Å²) in [6, 6.07) is 11.7. The number of carbonyl (C=O) groups is 1. The van der Waals surface area contributed by atoms with Crippen molar-refractivity contribution in [2.45, 2.75) is 16.7 Å². The first-order valence-corrected chi connectivity index (χ1v) is 7.86. The van der Waals surface area contributed by atoms with Crippen LogP contribution in [-0.2, 0) is 4.74 Å². The van der Waals surface area contributed by atoms with E-state index in [0.717, 1.165) is 26.9 Å². The smallest absolute Gasteiger partial charge is 0.337 e. The number of benzene rings is 2. The molecular formula is C17H17NO3S. The number of hydrogen-bond donors (Lipinski definition) is 0. The van der Waals surface area contributed by atoms with Crippen molar-refractivity contribution in [2.24, 2.45) is 0 Å². The molecule has 0 saturated heterocycles. The van der Waals surface area contributed by atoms with E-state index in [1.807, 2.05) is 38.2 Å². The topological polar surface area (TPSA) is 38.8 Å². The minimum Gasteiger partial charge on any atom is -0.494 e. The van der Waals surface area contributed by atoms with Gasteiger partial charge in [0.25, 0.3) is 0 Å². The number of ether oxygens (including phenoxy) is 2. The molecule has 0 bridgehead atoms. The van der Waals surface area contributed by atoms with Gasteiger partial charge in [0.15, 0.2) is 0 Å². The Morgan fingerprint density at radius 3 is 2.68 bits per heavy atom. The summed E-state index contributed by atoms with van der Waals surface area (Å²) in [5.41, 5.74) is 2.66. The van der Waals surface area contributed by atoms with Crippen LogP contribution in [0.3, 0.4) is 0 Å². The fourth-order valence-corrected chi connectivity index (χ4v) is 3.63. The van der Waals surface area contributed by atoms with E-state index in [-0.39, 0.29) is 5.97 Å². The molecule has 114 valence electrons. The summed E-state index contributed by atoms with van der Waals surface area (Å²) in [6.45, 7) is 2.63. The fraction of sp³-hybridized carbons (Fsp3) is 0.235. The lowest BCUT2D eigenvalue weighted by Gasteiger charge is -2.30. The van der Waals surface area contributed by atoms with Crippen LogP contribution in [0.2, 0.25) is 0 Å². The van der Waals surface area contributed by atoms with Gasteiger partial charge in [-0.2, -0.15) is 0 Å². The molecule has 0 aromatic heterocycles. The fourth-order valence-electron chi connectivity index (χ4n) is 2.47. The zero-order valence-corrected chi connectivity index (χ0v) is 13.6. The standard InChI is InChI=1S/C17H17NO3S/c1-4-21-12-6-7-13-16(10-12)22-15-8-5-11(17(19)20-3)9-14(15)18(13)2/h5-10H,4H2,1-3H3. The van der Waals surface area contributed by atoms with Gasteiger partial charge in [-0.05, 0) is 43.3 Å². The van der Waals surface area contributed by atoms with Gasteiger partial charge >= 0.3 is 5.97 Å². The number of anilines is 2. The predicted octanol–water partition coefficient (Wildman–Crippen LogP) is 4.10. The van der Waals surface area contributed by atoms with Gasteiger partial charge in [-0.15, -0.1) is 0 Å². The highest BCUT2D eigenvalue weighted by atomic mass is 32.2. The van der Waals surface area contributed by atoms with Crippen LogP contribution < -0.4 is 9.64 Å². The number of nitrogens with zero attached hydrogens (tertiary/aromatic N) is 1.